The van der Waals surface area contributed by atoms with Crippen LogP contribution in [0, 0.1) is 5.82 Å². The highest BCUT2D eigenvalue weighted by Gasteiger charge is 2.29. The van der Waals surface area contributed by atoms with E-state index in [1.165, 1.54) is 30.6 Å². The molecule has 7 nitrogen and oxygen atoms in total. The Morgan fingerprint density at radius 3 is 2.60 bits per heavy atom. The Morgan fingerprint density at radius 1 is 1.27 bits per heavy atom. The number of fused-ring (bicyclic) bond motifs is 1. The number of methoxy groups -OCH3 is 1. The zero-order chi connectivity index (χ0) is 21.9. The molecule has 1 aliphatic rings. The average Bonchev–Trinajstić information content (AvgIpc) is 3.08. The van der Waals surface area contributed by atoms with Crippen LogP contribution < -0.4 is 5.32 Å². The van der Waals surface area contributed by atoms with E-state index in [-0.39, 0.29) is 11.3 Å². The van der Waals surface area contributed by atoms with Crippen LogP contribution in [0.3, 0.4) is 0 Å². The summed E-state index contributed by atoms with van der Waals surface area (Å²) in [5, 5.41) is 3.07. The second-order valence-electron chi connectivity index (χ2n) is 6.89. The third-order valence-corrected chi connectivity index (χ3v) is 7.86. The van der Waals surface area contributed by atoms with E-state index in [1.807, 2.05) is 0 Å². The molecule has 2 aromatic rings. The Labute approximate surface area is 178 Å². The number of sulfone groups is 1. The first-order valence-electron chi connectivity index (χ1n) is 9.48. The van der Waals surface area contributed by atoms with Crippen LogP contribution in [0.2, 0.25) is 0 Å². The molecule has 0 unspecified atom stereocenters. The van der Waals surface area contributed by atoms with Crippen LogP contribution in [0.5, 0.6) is 0 Å². The Bertz CT molecular complexity index is 1050. The van der Waals surface area contributed by atoms with E-state index in [0.717, 1.165) is 35.7 Å². The number of rotatable bonds is 7. The lowest BCUT2D eigenvalue weighted by molar-refractivity contribution is -0.115. The molecule has 3 rings (SSSR count). The number of carbonyl (C=O) groups is 2. The lowest BCUT2D eigenvalue weighted by atomic mass is 10.0. The molecule has 10 heteroatoms. The fourth-order valence-corrected chi connectivity index (χ4v) is 5.84. The standard InChI is InChI=1S/C20H23FN2O5S2/c1-3-23-10-8-15-16(12-23)29-19(18(15)20(25)28-2)22-17(24)9-11-30(26,27)14-6-4-13(21)5-7-14/h4-7H,3,8-12H2,1-2H3,(H,22,24). The quantitative estimate of drug-likeness (QED) is 0.511. The zero-order valence-corrected chi connectivity index (χ0v) is 18.4. The van der Waals surface area contributed by atoms with Crippen molar-refractivity contribution in [2.24, 2.45) is 0 Å². The van der Waals surface area contributed by atoms with Gasteiger partial charge in [-0.25, -0.2) is 17.6 Å². The van der Waals surface area contributed by atoms with E-state index in [4.69, 9.17) is 4.74 Å². The minimum Gasteiger partial charge on any atom is -0.465 e. The Kier molecular flexibility index (Phi) is 6.89. The largest absolute Gasteiger partial charge is 0.465 e. The van der Waals surface area contributed by atoms with Crippen molar-refractivity contribution in [3.8, 4) is 0 Å². The molecule has 2 heterocycles. The molecule has 0 spiro atoms. The van der Waals surface area contributed by atoms with Crippen molar-refractivity contribution in [1.82, 2.24) is 4.90 Å². The molecule has 1 aromatic heterocycles. The maximum absolute atomic E-state index is 13.0. The maximum Gasteiger partial charge on any atom is 0.341 e. The fourth-order valence-electron chi connectivity index (χ4n) is 3.31. The normalized spacial score (nSPS) is 14.2. The Morgan fingerprint density at radius 2 is 1.97 bits per heavy atom. The third-order valence-electron chi connectivity index (χ3n) is 5.00. The van der Waals surface area contributed by atoms with E-state index in [2.05, 4.69) is 17.1 Å². The minimum absolute atomic E-state index is 0.0433. The monoisotopic (exact) mass is 454 g/mol. The molecule has 0 atom stereocenters. The number of thiophene rings is 1. The van der Waals surface area contributed by atoms with Crippen LogP contribution in [-0.2, 0) is 32.3 Å². The molecule has 162 valence electrons. The third kappa shape index (κ3) is 4.88. The second-order valence-corrected chi connectivity index (χ2v) is 10.1. The van der Waals surface area contributed by atoms with Gasteiger partial charge in [-0.05, 0) is 42.8 Å². The molecule has 1 amide bonds. The van der Waals surface area contributed by atoms with Gasteiger partial charge in [0.1, 0.15) is 10.8 Å². The van der Waals surface area contributed by atoms with E-state index >= 15 is 0 Å². The van der Waals surface area contributed by atoms with Gasteiger partial charge in [0.2, 0.25) is 5.91 Å². The molecule has 1 N–H and O–H groups in total. The number of nitrogens with zero attached hydrogens (tertiary/aromatic N) is 1. The smallest absolute Gasteiger partial charge is 0.341 e. The molecule has 30 heavy (non-hydrogen) atoms. The predicted octanol–water partition coefficient (Wildman–Crippen LogP) is 2.85. The van der Waals surface area contributed by atoms with Gasteiger partial charge in [0, 0.05) is 24.4 Å². The number of amides is 1. The molecule has 0 saturated carbocycles. The van der Waals surface area contributed by atoms with E-state index in [9.17, 15) is 22.4 Å². The van der Waals surface area contributed by atoms with Gasteiger partial charge < -0.3 is 10.1 Å². The van der Waals surface area contributed by atoms with Crippen molar-refractivity contribution in [2.75, 3.05) is 31.3 Å². The highest BCUT2D eigenvalue weighted by Crippen LogP contribution is 2.37. The first-order valence-corrected chi connectivity index (χ1v) is 12.0. The predicted molar refractivity (Wildman–Crippen MR) is 112 cm³/mol. The van der Waals surface area contributed by atoms with Crippen LogP contribution in [0.4, 0.5) is 9.39 Å². The number of esters is 1. The molecular weight excluding hydrogens is 431 g/mol. The van der Waals surface area contributed by atoms with Crippen molar-refractivity contribution in [2.45, 2.75) is 31.2 Å². The number of benzene rings is 1. The molecule has 0 saturated heterocycles. The highest BCUT2D eigenvalue weighted by molar-refractivity contribution is 7.91. The Balaban J connectivity index is 1.74. The number of hydrogen-bond donors (Lipinski definition) is 1. The number of likely N-dealkylation sites (N-methyl/N-ethyl adjacent to an activating group) is 1. The van der Waals surface area contributed by atoms with Crippen molar-refractivity contribution >= 4 is 38.1 Å². The molecule has 1 aromatic carbocycles. The number of hydrogen-bond acceptors (Lipinski definition) is 7. The van der Waals surface area contributed by atoms with Crippen molar-refractivity contribution in [1.29, 1.82) is 0 Å². The molecule has 0 aliphatic carbocycles. The number of halogens is 1. The van der Waals surface area contributed by atoms with Crippen LogP contribution in [0.1, 0.15) is 34.1 Å². The summed E-state index contributed by atoms with van der Waals surface area (Å²) < 4.78 is 42.6. The summed E-state index contributed by atoms with van der Waals surface area (Å²) in [5.74, 6) is -2.00. The molecule has 1 aliphatic heterocycles. The summed E-state index contributed by atoms with van der Waals surface area (Å²) in [6.45, 7) is 4.45. The summed E-state index contributed by atoms with van der Waals surface area (Å²) in [6, 6.07) is 4.46. The molecule has 0 radical (unpaired) electrons. The molecule has 0 fully saturated rings. The maximum atomic E-state index is 13.0. The van der Waals surface area contributed by atoms with Crippen LogP contribution in [-0.4, -0.2) is 51.1 Å². The summed E-state index contributed by atoms with van der Waals surface area (Å²) in [5.41, 5.74) is 1.23. The number of carbonyl (C=O) groups excluding carboxylic acids is 2. The first-order chi connectivity index (χ1) is 14.2. The first kappa shape index (κ1) is 22.4. The van der Waals surface area contributed by atoms with Crippen LogP contribution in [0.15, 0.2) is 29.2 Å². The van der Waals surface area contributed by atoms with Crippen molar-refractivity contribution in [3.63, 3.8) is 0 Å². The van der Waals surface area contributed by atoms with Gasteiger partial charge in [0.25, 0.3) is 0 Å². The van der Waals surface area contributed by atoms with Crippen LogP contribution >= 0.6 is 11.3 Å². The van der Waals surface area contributed by atoms with Crippen molar-refractivity contribution in [3.05, 3.63) is 46.1 Å². The van der Waals surface area contributed by atoms with Gasteiger partial charge in [-0.3, -0.25) is 9.69 Å². The highest BCUT2D eigenvalue weighted by atomic mass is 32.2. The van der Waals surface area contributed by atoms with Gasteiger partial charge in [-0.1, -0.05) is 6.92 Å². The van der Waals surface area contributed by atoms with E-state index < -0.39 is 33.3 Å². The lowest BCUT2D eigenvalue weighted by Gasteiger charge is -2.25. The summed E-state index contributed by atoms with van der Waals surface area (Å²) in [4.78, 5) is 28.0. The summed E-state index contributed by atoms with van der Waals surface area (Å²) in [6.07, 6.45) is 0.392. The second kappa shape index (κ2) is 9.23. The minimum atomic E-state index is -3.73. The van der Waals surface area contributed by atoms with Gasteiger partial charge in [0.05, 0.1) is 23.3 Å². The summed E-state index contributed by atoms with van der Waals surface area (Å²) in [7, 11) is -2.44. The SMILES string of the molecule is CCN1CCc2c(sc(NC(=O)CCS(=O)(=O)c3ccc(F)cc3)c2C(=O)OC)C1. The Hall–Kier alpha value is -2.30. The van der Waals surface area contributed by atoms with Gasteiger partial charge >= 0.3 is 5.97 Å². The van der Waals surface area contributed by atoms with E-state index in [1.54, 1.807) is 0 Å². The number of ether oxygens (including phenoxy) is 1. The van der Waals surface area contributed by atoms with E-state index in [0.29, 0.717) is 23.5 Å². The molecular formula is C20H23FN2O5S2. The lowest BCUT2D eigenvalue weighted by Crippen LogP contribution is -2.30. The van der Waals surface area contributed by atoms with Gasteiger partial charge in [-0.2, -0.15) is 0 Å². The number of nitrogens with one attached hydrogen (secondary N) is 1. The topological polar surface area (TPSA) is 92.8 Å². The number of anilines is 1. The average molecular weight is 455 g/mol. The van der Waals surface area contributed by atoms with Gasteiger partial charge in [0.15, 0.2) is 9.84 Å². The molecule has 0 bridgehead atoms. The van der Waals surface area contributed by atoms with Crippen molar-refractivity contribution < 1.29 is 27.1 Å². The zero-order valence-electron chi connectivity index (χ0n) is 16.7. The van der Waals surface area contributed by atoms with Crippen LogP contribution in [0.25, 0.3) is 0 Å². The van der Waals surface area contributed by atoms with Gasteiger partial charge in [-0.15, -0.1) is 11.3 Å². The summed E-state index contributed by atoms with van der Waals surface area (Å²) >= 11 is 1.32. The fraction of sp³-hybridized carbons (Fsp3) is 0.400.